The molecule has 0 bridgehead atoms. The third-order valence-electron chi connectivity index (χ3n) is 5.35. The van der Waals surface area contributed by atoms with Gasteiger partial charge in [0.05, 0.1) is 0 Å². The van der Waals surface area contributed by atoms with Crippen molar-refractivity contribution in [3.8, 4) is 33.4 Å². The average molecular weight is 378 g/mol. The Balaban J connectivity index is 1.93. The van der Waals surface area contributed by atoms with E-state index in [-0.39, 0.29) is 0 Å². The molecule has 3 heteroatoms. The van der Waals surface area contributed by atoms with Gasteiger partial charge in [0, 0.05) is 0 Å². The van der Waals surface area contributed by atoms with Gasteiger partial charge in [-0.3, -0.25) is 0 Å². The number of hydrogen-bond donors (Lipinski definition) is 2. The first kappa shape index (κ1) is 19.2. The van der Waals surface area contributed by atoms with Crippen LogP contribution in [0, 0.1) is 13.8 Å². The van der Waals surface area contributed by atoms with Gasteiger partial charge in [0.1, 0.15) is 0 Å². The Morgan fingerprint density at radius 3 is 1.48 bits per heavy atom. The summed E-state index contributed by atoms with van der Waals surface area (Å²) in [6, 6.07) is 31.3. The summed E-state index contributed by atoms with van der Waals surface area (Å²) < 4.78 is 0. The SMILES string of the molecule is Cc1cc(-c2cc(-c3ccccc3)cc(-c3ccccc3)c2)c(C)cc1B(O)O. The Kier molecular flexibility index (Phi) is 5.35. The van der Waals surface area contributed by atoms with Gasteiger partial charge in [0.15, 0.2) is 0 Å². The van der Waals surface area contributed by atoms with Crippen molar-refractivity contribution in [2.75, 3.05) is 0 Å². The van der Waals surface area contributed by atoms with Crippen molar-refractivity contribution in [1.82, 2.24) is 0 Å². The zero-order valence-electron chi connectivity index (χ0n) is 16.6. The normalized spacial score (nSPS) is 10.8. The van der Waals surface area contributed by atoms with E-state index in [1.165, 1.54) is 11.1 Å². The standard InChI is InChI=1S/C26H23BO2/c1-18-14-26(27(28)29)19(2)13-25(18)24-16-22(20-9-5-3-6-10-20)15-23(17-24)21-11-7-4-8-12-21/h3-17,28-29H,1-2H3. The molecule has 0 saturated carbocycles. The molecule has 0 saturated heterocycles. The lowest BCUT2D eigenvalue weighted by molar-refractivity contribution is 0.425. The molecule has 0 radical (unpaired) electrons. The number of hydrogen-bond acceptors (Lipinski definition) is 2. The Bertz CT molecular complexity index is 1080. The van der Waals surface area contributed by atoms with Crippen LogP contribution in [0.2, 0.25) is 0 Å². The van der Waals surface area contributed by atoms with Gasteiger partial charge in [-0.1, -0.05) is 78.4 Å². The largest absolute Gasteiger partial charge is 0.488 e. The number of benzene rings is 4. The molecule has 4 rings (SSSR count). The van der Waals surface area contributed by atoms with Crippen molar-refractivity contribution < 1.29 is 10.0 Å². The first-order chi connectivity index (χ1) is 14.0. The van der Waals surface area contributed by atoms with Crippen molar-refractivity contribution in [3.05, 3.63) is 102 Å². The van der Waals surface area contributed by atoms with E-state index in [1.54, 1.807) is 0 Å². The monoisotopic (exact) mass is 378 g/mol. The molecule has 0 amide bonds. The lowest BCUT2D eigenvalue weighted by Gasteiger charge is -2.15. The molecule has 0 fully saturated rings. The molecule has 0 atom stereocenters. The highest BCUT2D eigenvalue weighted by Crippen LogP contribution is 2.34. The third kappa shape index (κ3) is 4.02. The lowest BCUT2D eigenvalue weighted by atomic mass is 9.75. The summed E-state index contributed by atoms with van der Waals surface area (Å²) in [7, 11) is -1.46. The van der Waals surface area contributed by atoms with Crippen LogP contribution in [0.1, 0.15) is 11.1 Å². The molecule has 4 aromatic rings. The van der Waals surface area contributed by atoms with E-state index >= 15 is 0 Å². The maximum Gasteiger partial charge on any atom is 0.488 e. The van der Waals surface area contributed by atoms with Crippen molar-refractivity contribution in [3.63, 3.8) is 0 Å². The molecule has 0 unspecified atom stereocenters. The van der Waals surface area contributed by atoms with Crippen LogP contribution in [-0.2, 0) is 0 Å². The molecule has 0 spiro atoms. The van der Waals surface area contributed by atoms with Gasteiger partial charge < -0.3 is 10.0 Å². The molecular weight excluding hydrogens is 355 g/mol. The fraction of sp³-hybridized carbons (Fsp3) is 0.0769. The van der Waals surface area contributed by atoms with E-state index in [2.05, 4.69) is 66.7 Å². The van der Waals surface area contributed by atoms with E-state index in [0.717, 1.165) is 33.4 Å². The summed E-state index contributed by atoms with van der Waals surface area (Å²) in [5.41, 5.74) is 9.30. The minimum absolute atomic E-state index is 0.550. The Morgan fingerprint density at radius 1 is 0.517 bits per heavy atom. The molecule has 0 aliphatic heterocycles. The average Bonchev–Trinajstić information content (AvgIpc) is 2.76. The summed E-state index contributed by atoms with van der Waals surface area (Å²) in [4.78, 5) is 0. The summed E-state index contributed by atoms with van der Waals surface area (Å²) >= 11 is 0. The van der Waals surface area contributed by atoms with Gasteiger partial charge in [0.2, 0.25) is 0 Å². The van der Waals surface area contributed by atoms with Gasteiger partial charge in [-0.05, 0) is 76.5 Å². The Morgan fingerprint density at radius 2 is 1.00 bits per heavy atom. The van der Waals surface area contributed by atoms with Gasteiger partial charge in [0.25, 0.3) is 0 Å². The first-order valence-electron chi connectivity index (χ1n) is 9.76. The van der Waals surface area contributed by atoms with Crippen molar-refractivity contribution in [1.29, 1.82) is 0 Å². The summed E-state index contributed by atoms with van der Waals surface area (Å²) in [6.07, 6.45) is 0. The van der Waals surface area contributed by atoms with E-state index < -0.39 is 7.12 Å². The molecule has 4 aromatic carbocycles. The van der Waals surface area contributed by atoms with Gasteiger partial charge in [-0.15, -0.1) is 0 Å². The van der Waals surface area contributed by atoms with Gasteiger partial charge in [-0.25, -0.2) is 0 Å². The smallest absolute Gasteiger partial charge is 0.423 e. The minimum Gasteiger partial charge on any atom is -0.423 e. The lowest BCUT2D eigenvalue weighted by Crippen LogP contribution is -2.32. The Hall–Kier alpha value is -3.14. The van der Waals surface area contributed by atoms with Crippen LogP contribution in [0.5, 0.6) is 0 Å². The molecule has 29 heavy (non-hydrogen) atoms. The second kappa shape index (κ2) is 8.08. The van der Waals surface area contributed by atoms with Gasteiger partial charge >= 0.3 is 7.12 Å². The quantitative estimate of drug-likeness (QED) is 0.492. The zero-order valence-corrected chi connectivity index (χ0v) is 16.6. The fourth-order valence-corrected chi connectivity index (χ4v) is 3.81. The minimum atomic E-state index is -1.46. The van der Waals surface area contributed by atoms with Crippen molar-refractivity contribution in [2.45, 2.75) is 13.8 Å². The summed E-state index contributed by atoms with van der Waals surface area (Å²) in [6.45, 7) is 3.93. The number of rotatable bonds is 4. The predicted octanol–water partition coefficient (Wildman–Crippen LogP) is 4.98. The zero-order chi connectivity index (χ0) is 20.4. The van der Waals surface area contributed by atoms with Crippen LogP contribution < -0.4 is 5.46 Å². The van der Waals surface area contributed by atoms with E-state index in [1.807, 2.05) is 38.1 Å². The molecule has 142 valence electrons. The maximum absolute atomic E-state index is 9.63. The van der Waals surface area contributed by atoms with Crippen molar-refractivity contribution in [2.24, 2.45) is 0 Å². The second-order valence-electron chi connectivity index (χ2n) is 7.43. The van der Waals surface area contributed by atoms with Crippen molar-refractivity contribution >= 4 is 12.6 Å². The molecule has 2 N–H and O–H groups in total. The summed E-state index contributed by atoms with van der Waals surface area (Å²) in [5, 5.41) is 19.3. The molecule has 0 heterocycles. The molecule has 0 aromatic heterocycles. The van der Waals surface area contributed by atoms with Crippen LogP contribution in [-0.4, -0.2) is 17.2 Å². The van der Waals surface area contributed by atoms with Crippen LogP contribution in [0.3, 0.4) is 0 Å². The van der Waals surface area contributed by atoms with Gasteiger partial charge in [-0.2, -0.15) is 0 Å². The van der Waals surface area contributed by atoms with Crippen LogP contribution >= 0.6 is 0 Å². The van der Waals surface area contributed by atoms with E-state index in [9.17, 15) is 10.0 Å². The molecular formula is C26H23BO2. The highest BCUT2D eigenvalue weighted by molar-refractivity contribution is 6.59. The highest BCUT2D eigenvalue weighted by Gasteiger charge is 2.17. The van der Waals surface area contributed by atoms with E-state index in [4.69, 9.17) is 0 Å². The molecule has 2 nitrogen and oxygen atoms in total. The Labute approximate surface area is 172 Å². The van der Waals surface area contributed by atoms with Crippen LogP contribution in [0.15, 0.2) is 91.0 Å². The fourth-order valence-electron chi connectivity index (χ4n) is 3.81. The molecule has 0 aliphatic rings. The predicted molar refractivity (Wildman–Crippen MR) is 122 cm³/mol. The first-order valence-corrected chi connectivity index (χ1v) is 9.76. The second-order valence-corrected chi connectivity index (χ2v) is 7.43. The maximum atomic E-state index is 9.63. The molecule has 0 aliphatic carbocycles. The van der Waals surface area contributed by atoms with Crippen LogP contribution in [0.4, 0.5) is 0 Å². The van der Waals surface area contributed by atoms with Crippen LogP contribution in [0.25, 0.3) is 33.4 Å². The highest BCUT2D eigenvalue weighted by atomic mass is 16.4. The summed E-state index contributed by atoms with van der Waals surface area (Å²) in [5.74, 6) is 0. The topological polar surface area (TPSA) is 40.5 Å². The number of aryl methyl sites for hydroxylation is 2. The van der Waals surface area contributed by atoms with E-state index in [0.29, 0.717) is 5.46 Å². The third-order valence-corrected chi connectivity index (χ3v) is 5.35.